The van der Waals surface area contributed by atoms with E-state index in [2.05, 4.69) is 10.6 Å². The molecule has 1 aromatic rings. The predicted molar refractivity (Wildman–Crippen MR) is 73.2 cm³/mol. The van der Waals surface area contributed by atoms with Gasteiger partial charge in [-0.25, -0.2) is 4.79 Å². The van der Waals surface area contributed by atoms with Gasteiger partial charge < -0.3 is 30.4 Å². The highest BCUT2D eigenvalue weighted by Gasteiger charge is 2.22. The van der Waals surface area contributed by atoms with Crippen molar-refractivity contribution in [2.45, 2.75) is 25.6 Å². The first-order chi connectivity index (χ1) is 10.4. The highest BCUT2D eigenvalue weighted by molar-refractivity contribution is 5.88. The number of amides is 2. The quantitative estimate of drug-likeness (QED) is 0.564. The molecule has 0 saturated heterocycles. The maximum absolute atomic E-state index is 11.7. The summed E-state index contributed by atoms with van der Waals surface area (Å²) in [7, 11) is 0. The second kappa shape index (κ2) is 8.63. The van der Waals surface area contributed by atoms with Crippen LogP contribution in [0.5, 0.6) is 0 Å². The third-order valence-electron chi connectivity index (χ3n) is 2.72. The van der Waals surface area contributed by atoms with Crippen molar-refractivity contribution >= 4 is 18.0 Å². The van der Waals surface area contributed by atoms with E-state index in [1.165, 1.54) is 6.92 Å². The summed E-state index contributed by atoms with van der Waals surface area (Å²) in [6.07, 6.45) is -0.904. The molecule has 0 saturated carbocycles. The van der Waals surface area contributed by atoms with Crippen LogP contribution in [-0.4, -0.2) is 41.8 Å². The molecule has 0 radical (unpaired) electrons. The number of carboxylic acids is 1. The normalized spacial score (nSPS) is 12.8. The van der Waals surface area contributed by atoms with Crippen molar-refractivity contribution in [2.24, 2.45) is 0 Å². The zero-order valence-electron chi connectivity index (χ0n) is 11.9. The molecule has 0 aliphatic heterocycles. The summed E-state index contributed by atoms with van der Waals surface area (Å²) >= 11 is 0. The number of nitrogens with one attached hydrogen (secondary N) is 2. The van der Waals surface area contributed by atoms with Crippen molar-refractivity contribution in [3.63, 3.8) is 0 Å². The van der Waals surface area contributed by atoms with E-state index in [1.807, 2.05) is 6.07 Å². The van der Waals surface area contributed by atoms with Crippen molar-refractivity contribution in [2.75, 3.05) is 6.61 Å². The van der Waals surface area contributed by atoms with Gasteiger partial charge in [-0.05, 0) is 12.5 Å². The number of carbonyl (C=O) groups is 3. The highest BCUT2D eigenvalue weighted by atomic mass is 16.5. The highest BCUT2D eigenvalue weighted by Crippen LogP contribution is 2.00. The average molecular weight is 309 g/mol. The first-order valence-corrected chi connectivity index (χ1v) is 6.53. The van der Waals surface area contributed by atoms with E-state index in [4.69, 9.17) is 9.84 Å². The van der Waals surface area contributed by atoms with E-state index >= 15 is 0 Å². The third-order valence-corrected chi connectivity index (χ3v) is 2.72. The zero-order chi connectivity index (χ0) is 16.5. The fourth-order valence-electron chi connectivity index (χ4n) is 1.47. The van der Waals surface area contributed by atoms with Crippen molar-refractivity contribution < 1.29 is 29.3 Å². The second-order valence-electron chi connectivity index (χ2n) is 4.49. The van der Waals surface area contributed by atoms with E-state index in [1.54, 1.807) is 24.3 Å². The minimum atomic E-state index is -1.48. The molecular formula is C14H17N2O6-. The Morgan fingerprint density at radius 3 is 2.41 bits per heavy atom. The van der Waals surface area contributed by atoms with Crippen LogP contribution in [0.2, 0.25) is 0 Å². The van der Waals surface area contributed by atoms with E-state index in [9.17, 15) is 19.5 Å². The smallest absolute Gasteiger partial charge is 0.408 e. The molecule has 8 heteroatoms. The van der Waals surface area contributed by atoms with Crippen LogP contribution >= 0.6 is 0 Å². The lowest BCUT2D eigenvalue weighted by atomic mass is 10.2. The minimum Gasteiger partial charge on any atom is -0.548 e. The fraction of sp³-hybridized carbons (Fsp3) is 0.357. The van der Waals surface area contributed by atoms with E-state index in [0.29, 0.717) is 0 Å². The molecule has 0 spiro atoms. The van der Waals surface area contributed by atoms with Gasteiger partial charge in [-0.2, -0.15) is 0 Å². The van der Waals surface area contributed by atoms with Gasteiger partial charge in [-0.1, -0.05) is 30.3 Å². The number of rotatable bonds is 7. The number of carboxylic acid groups (broad SMARTS) is 1. The molecule has 120 valence electrons. The van der Waals surface area contributed by atoms with Crippen LogP contribution in [0.4, 0.5) is 4.79 Å². The Balaban J connectivity index is 2.45. The number of aliphatic carboxylic acids is 1. The summed E-state index contributed by atoms with van der Waals surface area (Å²) in [6.45, 7) is 0.503. The van der Waals surface area contributed by atoms with Gasteiger partial charge in [0.2, 0.25) is 5.91 Å². The summed E-state index contributed by atoms with van der Waals surface area (Å²) in [4.78, 5) is 33.7. The topological polar surface area (TPSA) is 128 Å². The average Bonchev–Trinajstić information content (AvgIpc) is 2.51. The number of aliphatic hydroxyl groups excluding tert-OH is 1. The summed E-state index contributed by atoms with van der Waals surface area (Å²) in [5.74, 6) is -2.33. The molecule has 0 fully saturated rings. The molecule has 8 nitrogen and oxygen atoms in total. The monoisotopic (exact) mass is 309 g/mol. The molecule has 22 heavy (non-hydrogen) atoms. The summed E-state index contributed by atoms with van der Waals surface area (Å²) in [5, 5.41) is 23.8. The molecule has 1 rings (SSSR count). The molecule has 1 aromatic carbocycles. The van der Waals surface area contributed by atoms with Crippen molar-refractivity contribution in [3.05, 3.63) is 35.9 Å². The lowest BCUT2D eigenvalue weighted by molar-refractivity contribution is -0.307. The van der Waals surface area contributed by atoms with E-state index < -0.39 is 36.7 Å². The number of carbonyl (C=O) groups excluding carboxylic acids is 3. The summed E-state index contributed by atoms with van der Waals surface area (Å²) < 4.78 is 4.89. The fourth-order valence-corrected chi connectivity index (χ4v) is 1.47. The minimum absolute atomic E-state index is 0.00187. The van der Waals surface area contributed by atoms with Crippen molar-refractivity contribution in [1.29, 1.82) is 0 Å². The standard InChI is InChI=1S/C14H18N2O6/c1-9(13(19)20)15-12(18)11(7-17)16-14(21)22-8-10-5-3-2-4-6-10/h2-6,9,11,17H,7-8H2,1H3,(H,15,18)(H,16,21)(H,19,20)/p-1/t9-,11+/m1/s1. The molecular weight excluding hydrogens is 292 g/mol. The lowest BCUT2D eigenvalue weighted by Gasteiger charge is -2.20. The van der Waals surface area contributed by atoms with Crippen LogP contribution in [-0.2, 0) is 20.9 Å². The SMILES string of the molecule is C[C@@H](NC(=O)[C@H](CO)NC(=O)OCc1ccccc1)C(=O)[O-]. The zero-order valence-corrected chi connectivity index (χ0v) is 11.9. The summed E-state index contributed by atoms with van der Waals surface area (Å²) in [6, 6.07) is 6.32. The molecule has 0 bridgehead atoms. The first kappa shape index (κ1) is 17.4. The van der Waals surface area contributed by atoms with Gasteiger partial charge in [0.25, 0.3) is 0 Å². The van der Waals surface area contributed by atoms with Gasteiger partial charge >= 0.3 is 6.09 Å². The van der Waals surface area contributed by atoms with Gasteiger partial charge in [-0.3, -0.25) is 4.79 Å². The third kappa shape index (κ3) is 5.80. The maximum atomic E-state index is 11.7. The van der Waals surface area contributed by atoms with Gasteiger partial charge in [0, 0.05) is 0 Å². The van der Waals surface area contributed by atoms with Crippen LogP contribution < -0.4 is 15.7 Å². The van der Waals surface area contributed by atoms with Gasteiger partial charge in [-0.15, -0.1) is 0 Å². The largest absolute Gasteiger partial charge is 0.548 e. The van der Waals surface area contributed by atoms with Crippen LogP contribution in [0.25, 0.3) is 0 Å². The first-order valence-electron chi connectivity index (χ1n) is 6.53. The van der Waals surface area contributed by atoms with Gasteiger partial charge in [0.1, 0.15) is 12.6 Å². The Morgan fingerprint density at radius 2 is 1.86 bits per heavy atom. The lowest BCUT2D eigenvalue weighted by Crippen LogP contribution is -2.54. The van der Waals surface area contributed by atoms with Gasteiger partial charge in [0.05, 0.1) is 18.6 Å². The molecule has 0 aliphatic carbocycles. The Hall–Kier alpha value is -2.61. The Kier molecular flexibility index (Phi) is 6.84. The number of ether oxygens (including phenoxy) is 1. The number of aliphatic hydroxyl groups is 1. The Bertz CT molecular complexity index is 519. The van der Waals surface area contributed by atoms with Crippen LogP contribution in [0.15, 0.2) is 30.3 Å². The van der Waals surface area contributed by atoms with E-state index in [0.717, 1.165) is 5.56 Å². The number of hydrogen-bond donors (Lipinski definition) is 3. The molecule has 0 aliphatic rings. The summed E-state index contributed by atoms with van der Waals surface area (Å²) in [5.41, 5.74) is 0.758. The molecule has 3 N–H and O–H groups in total. The second-order valence-corrected chi connectivity index (χ2v) is 4.49. The van der Waals surface area contributed by atoms with E-state index in [-0.39, 0.29) is 6.61 Å². The van der Waals surface area contributed by atoms with Crippen LogP contribution in [0, 0.1) is 0 Å². The van der Waals surface area contributed by atoms with Crippen LogP contribution in [0.1, 0.15) is 12.5 Å². The number of alkyl carbamates (subject to hydrolysis) is 1. The van der Waals surface area contributed by atoms with Gasteiger partial charge in [0.15, 0.2) is 0 Å². The number of hydrogen-bond acceptors (Lipinski definition) is 6. The molecule has 0 aromatic heterocycles. The molecule has 2 amide bonds. The van der Waals surface area contributed by atoms with Crippen LogP contribution in [0.3, 0.4) is 0 Å². The molecule has 0 unspecified atom stereocenters. The Morgan fingerprint density at radius 1 is 1.23 bits per heavy atom. The number of benzene rings is 1. The van der Waals surface area contributed by atoms with Crippen molar-refractivity contribution in [1.82, 2.24) is 10.6 Å². The molecule has 0 heterocycles. The predicted octanol–water partition coefficient (Wildman–Crippen LogP) is -1.47. The van der Waals surface area contributed by atoms with Crippen molar-refractivity contribution in [3.8, 4) is 0 Å². The maximum Gasteiger partial charge on any atom is 0.408 e. The Labute approximate surface area is 127 Å². The molecule has 2 atom stereocenters.